The molecule has 2 aliphatic heterocycles. The van der Waals surface area contributed by atoms with Crippen molar-refractivity contribution < 1.29 is 14.3 Å². The molecule has 2 fully saturated rings. The van der Waals surface area contributed by atoms with Gasteiger partial charge in [-0.25, -0.2) is 0 Å². The van der Waals surface area contributed by atoms with E-state index in [0.717, 1.165) is 37.9 Å². The molecular weight excluding hydrogens is 344 g/mol. The molecule has 0 radical (unpaired) electrons. The van der Waals surface area contributed by atoms with E-state index < -0.39 is 5.60 Å². The number of likely N-dealkylation sites (tertiary alicyclic amines) is 1. The van der Waals surface area contributed by atoms with Gasteiger partial charge in [0, 0.05) is 39.1 Å². The summed E-state index contributed by atoms with van der Waals surface area (Å²) < 4.78 is 11.1. The van der Waals surface area contributed by atoms with Crippen molar-refractivity contribution in [1.82, 2.24) is 15.5 Å². The molecule has 3 rings (SSSR count). The van der Waals surface area contributed by atoms with Crippen LogP contribution >= 0.6 is 0 Å². The Morgan fingerprint density at radius 1 is 1.26 bits per heavy atom. The number of nitrogens with zero attached hydrogens (tertiary/aromatic N) is 2. The molecule has 1 aromatic rings. The Balaban J connectivity index is 1.62. The largest absolute Gasteiger partial charge is 0.468 e. The van der Waals surface area contributed by atoms with Gasteiger partial charge in [-0.05, 0) is 45.0 Å². The number of aliphatic hydroxyl groups is 1. The highest BCUT2D eigenvalue weighted by molar-refractivity contribution is 5.79. The highest BCUT2D eigenvalue weighted by Crippen LogP contribution is 2.24. The molecule has 1 aromatic heterocycles. The van der Waals surface area contributed by atoms with Crippen LogP contribution in [0.15, 0.2) is 27.8 Å². The Bertz CT molecular complexity index is 564. The molecule has 2 aliphatic rings. The molecule has 0 aromatic carbocycles. The van der Waals surface area contributed by atoms with E-state index in [9.17, 15) is 5.11 Å². The molecule has 2 saturated heterocycles. The van der Waals surface area contributed by atoms with E-state index in [1.807, 2.05) is 6.07 Å². The van der Waals surface area contributed by atoms with E-state index in [-0.39, 0.29) is 6.04 Å². The second-order valence-corrected chi connectivity index (χ2v) is 7.54. The minimum atomic E-state index is -0.756. The zero-order valence-corrected chi connectivity index (χ0v) is 16.5. The Morgan fingerprint density at radius 2 is 2.04 bits per heavy atom. The number of ether oxygens (including phenoxy) is 1. The number of aliphatic imine (C=N–C) groups is 1. The van der Waals surface area contributed by atoms with Crippen LogP contribution in [0.2, 0.25) is 0 Å². The maximum absolute atomic E-state index is 10.7. The fourth-order valence-electron chi connectivity index (χ4n) is 3.79. The maximum Gasteiger partial charge on any atom is 0.191 e. The van der Waals surface area contributed by atoms with Gasteiger partial charge < -0.3 is 24.9 Å². The summed E-state index contributed by atoms with van der Waals surface area (Å²) in [5.41, 5.74) is -0.756. The number of furan rings is 1. The van der Waals surface area contributed by atoms with Crippen LogP contribution in [0.25, 0.3) is 0 Å². The molecule has 3 N–H and O–H groups in total. The van der Waals surface area contributed by atoms with Crippen molar-refractivity contribution in [1.29, 1.82) is 0 Å². The van der Waals surface area contributed by atoms with E-state index in [2.05, 4.69) is 33.5 Å². The average Bonchev–Trinajstić information content (AvgIpc) is 3.22. The molecule has 0 spiro atoms. The quantitative estimate of drug-likeness (QED) is 0.497. The number of hydrogen-bond donors (Lipinski definition) is 3. The molecule has 1 unspecified atom stereocenters. The predicted molar refractivity (Wildman–Crippen MR) is 106 cm³/mol. The lowest BCUT2D eigenvalue weighted by Crippen LogP contribution is -2.46. The van der Waals surface area contributed by atoms with Gasteiger partial charge in [0.15, 0.2) is 5.96 Å². The zero-order chi connectivity index (χ0) is 19.0. The van der Waals surface area contributed by atoms with Gasteiger partial charge in [0.2, 0.25) is 0 Å². The van der Waals surface area contributed by atoms with E-state index in [1.165, 1.54) is 19.3 Å². The van der Waals surface area contributed by atoms with Crippen LogP contribution in [-0.4, -0.2) is 67.5 Å². The molecule has 27 heavy (non-hydrogen) atoms. The van der Waals surface area contributed by atoms with Crippen LogP contribution in [0.3, 0.4) is 0 Å². The lowest BCUT2D eigenvalue weighted by atomic mass is 9.95. The summed E-state index contributed by atoms with van der Waals surface area (Å²) in [6.07, 6.45) is 6.80. The van der Waals surface area contributed by atoms with Crippen LogP contribution in [0.1, 0.15) is 50.8 Å². The number of guanidine groups is 1. The van der Waals surface area contributed by atoms with Crippen molar-refractivity contribution in [3.8, 4) is 0 Å². The lowest BCUT2D eigenvalue weighted by Gasteiger charge is -2.34. The van der Waals surface area contributed by atoms with Crippen LogP contribution < -0.4 is 10.6 Å². The van der Waals surface area contributed by atoms with Crippen LogP contribution in [0.5, 0.6) is 0 Å². The standard InChI is InChI=1S/C20H34N4O3/c1-2-21-19(23-16-20(25)8-13-26-14-9-20)22-15-17(18-7-6-12-27-18)24-10-4-3-5-11-24/h6-7,12,17,25H,2-5,8-11,13-16H2,1H3,(H2,21,22,23). The van der Waals surface area contributed by atoms with Gasteiger partial charge in [-0.1, -0.05) is 6.42 Å². The summed E-state index contributed by atoms with van der Waals surface area (Å²) in [4.78, 5) is 7.14. The van der Waals surface area contributed by atoms with Crippen LogP contribution in [0.4, 0.5) is 0 Å². The first kappa shape index (κ1) is 20.2. The number of piperidine rings is 1. The maximum atomic E-state index is 10.7. The molecular formula is C20H34N4O3. The molecule has 1 atom stereocenters. The molecule has 0 amide bonds. The Morgan fingerprint density at radius 3 is 2.70 bits per heavy atom. The van der Waals surface area contributed by atoms with Gasteiger partial charge in [0.1, 0.15) is 5.76 Å². The van der Waals surface area contributed by atoms with E-state index in [4.69, 9.17) is 9.15 Å². The summed E-state index contributed by atoms with van der Waals surface area (Å²) in [5.74, 6) is 1.73. The second-order valence-electron chi connectivity index (χ2n) is 7.54. The highest BCUT2D eigenvalue weighted by atomic mass is 16.5. The number of nitrogens with one attached hydrogen (secondary N) is 2. The van der Waals surface area contributed by atoms with Crippen molar-refractivity contribution in [2.75, 3.05) is 45.9 Å². The van der Waals surface area contributed by atoms with Gasteiger partial charge in [0.25, 0.3) is 0 Å². The third-order valence-corrected chi connectivity index (χ3v) is 5.47. The van der Waals surface area contributed by atoms with Crippen molar-refractivity contribution >= 4 is 5.96 Å². The second kappa shape index (κ2) is 10.1. The first-order valence-corrected chi connectivity index (χ1v) is 10.3. The van der Waals surface area contributed by atoms with Crippen LogP contribution in [0, 0.1) is 0 Å². The fraction of sp³-hybridized carbons (Fsp3) is 0.750. The predicted octanol–water partition coefficient (Wildman–Crippen LogP) is 1.90. The van der Waals surface area contributed by atoms with E-state index >= 15 is 0 Å². The van der Waals surface area contributed by atoms with Gasteiger partial charge in [0.05, 0.1) is 24.5 Å². The van der Waals surface area contributed by atoms with Crippen molar-refractivity contribution in [2.24, 2.45) is 4.99 Å². The fourth-order valence-corrected chi connectivity index (χ4v) is 3.79. The lowest BCUT2D eigenvalue weighted by molar-refractivity contribution is -0.0566. The first-order chi connectivity index (χ1) is 13.2. The number of rotatable bonds is 7. The highest BCUT2D eigenvalue weighted by Gasteiger charge is 2.30. The molecule has 0 saturated carbocycles. The Labute approximate surface area is 162 Å². The van der Waals surface area contributed by atoms with Gasteiger partial charge in [-0.2, -0.15) is 0 Å². The zero-order valence-electron chi connectivity index (χ0n) is 16.5. The molecule has 152 valence electrons. The van der Waals surface area contributed by atoms with Crippen molar-refractivity contribution in [3.05, 3.63) is 24.2 Å². The summed E-state index contributed by atoms with van der Waals surface area (Å²) >= 11 is 0. The summed E-state index contributed by atoms with van der Waals surface area (Å²) in [6, 6.07) is 4.19. The molecule has 0 bridgehead atoms. The normalized spacial score (nSPS) is 22.4. The van der Waals surface area contributed by atoms with Gasteiger partial charge >= 0.3 is 0 Å². The van der Waals surface area contributed by atoms with E-state index in [0.29, 0.717) is 32.6 Å². The number of hydrogen-bond acceptors (Lipinski definition) is 5. The third kappa shape index (κ3) is 5.96. The molecule has 0 aliphatic carbocycles. The van der Waals surface area contributed by atoms with Gasteiger partial charge in [-0.3, -0.25) is 9.89 Å². The Hall–Kier alpha value is -1.57. The van der Waals surface area contributed by atoms with Crippen molar-refractivity contribution in [2.45, 2.75) is 50.7 Å². The molecule has 7 heteroatoms. The topological polar surface area (TPSA) is 82.3 Å². The average molecular weight is 379 g/mol. The molecule has 7 nitrogen and oxygen atoms in total. The molecule has 3 heterocycles. The summed E-state index contributed by atoms with van der Waals surface area (Å²) in [6.45, 7) is 7.34. The minimum absolute atomic E-state index is 0.190. The summed E-state index contributed by atoms with van der Waals surface area (Å²) in [5, 5.41) is 17.4. The SMILES string of the molecule is CCNC(=NCC1(O)CCOCC1)NCC(c1ccco1)N1CCCCC1. The third-order valence-electron chi connectivity index (χ3n) is 5.47. The van der Waals surface area contributed by atoms with E-state index in [1.54, 1.807) is 6.26 Å². The minimum Gasteiger partial charge on any atom is -0.468 e. The first-order valence-electron chi connectivity index (χ1n) is 10.3. The summed E-state index contributed by atoms with van der Waals surface area (Å²) in [7, 11) is 0. The smallest absolute Gasteiger partial charge is 0.191 e. The Kier molecular flexibility index (Phi) is 7.55. The van der Waals surface area contributed by atoms with Gasteiger partial charge in [-0.15, -0.1) is 0 Å². The monoisotopic (exact) mass is 378 g/mol. The van der Waals surface area contributed by atoms with Crippen LogP contribution in [-0.2, 0) is 4.74 Å². The van der Waals surface area contributed by atoms with Crippen molar-refractivity contribution in [3.63, 3.8) is 0 Å².